The van der Waals surface area contributed by atoms with Crippen LogP contribution >= 0.6 is 0 Å². The Labute approximate surface area is 74.2 Å². The quantitative estimate of drug-likeness (QED) is 0.633. The summed E-state index contributed by atoms with van der Waals surface area (Å²) >= 11 is 0. The van der Waals surface area contributed by atoms with Gasteiger partial charge >= 0.3 is 0 Å². The normalized spacial score (nSPS) is 48.2. The highest BCUT2D eigenvalue weighted by atomic mass is 16.3. The number of fused-ring (bicyclic) bond motifs is 1. The Morgan fingerprint density at radius 1 is 1.08 bits per heavy atom. The van der Waals surface area contributed by atoms with Crippen LogP contribution in [0.4, 0.5) is 0 Å². The minimum atomic E-state index is 0.444. The Hall–Kier alpha value is -0.0400. The molecule has 0 amide bonds. The van der Waals surface area contributed by atoms with E-state index in [1.54, 1.807) is 0 Å². The topological polar surface area (TPSA) is 20.2 Å². The van der Waals surface area contributed by atoms with Crippen LogP contribution in [0.15, 0.2) is 0 Å². The van der Waals surface area contributed by atoms with Crippen molar-refractivity contribution < 1.29 is 5.11 Å². The van der Waals surface area contributed by atoms with Gasteiger partial charge in [-0.1, -0.05) is 0 Å². The second kappa shape index (κ2) is 2.25. The molecule has 0 radical (unpaired) electrons. The van der Waals surface area contributed by atoms with E-state index in [1.165, 1.54) is 38.5 Å². The third-order valence-electron chi connectivity index (χ3n) is 4.54. The predicted octanol–water partition coefficient (Wildman–Crippen LogP) is 2.20. The maximum absolute atomic E-state index is 9.07. The summed E-state index contributed by atoms with van der Waals surface area (Å²) in [7, 11) is 0. The first-order chi connectivity index (χ1) is 5.81. The van der Waals surface area contributed by atoms with E-state index in [1.807, 2.05) is 0 Å². The van der Waals surface area contributed by atoms with E-state index in [-0.39, 0.29) is 0 Å². The fourth-order valence-corrected chi connectivity index (χ4v) is 3.77. The van der Waals surface area contributed by atoms with Crippen molar-refractivity contribution in [2.45, 2.75) is 38.5 Å². The molecule has 1 N–H and O–H groups in total. The zero-order chi connectivity index (χ0) is 8.18. The molecule has 1 heteroatoms. The van der Waals surface area contributed by atoms with Crippen molar-refractivity contribution in [3.63, 3.8) is 0 Å². The average molecular weight is 166 g/mol. The molecule has 3 saturated carbocycles. The molecule has 0 aliphatic heterocycles. The zero-order valence-corrected chi connectivity index (χ0v) is 7.63. The Kier molecular flexibility index (Phi) is 1.39. The van der Waals surface area contributed by atoms with Crippen LogP contribution in [0.2, 0.25) is 0 Å². The van der Waals surface area contributed by atoms with E-state index in [4.69, 9.17) is 5.11 Å². The monoisotopic (exact) mass is 166 g/mol. The van der Waals surface area contributed by atoms with E-state index < -0.39 is 0 Å². The lowest BCUT2D eigenvalue weighted by Crippen LogP contribution is -2.04. The van der Waals surface area contributed by atoms with Crippen LogP contribution in [-0.4, -0.2) is 11.7 Å². The molecular formula is C11H18O. The van der Waals surface area contributed by atoms with Crippen LogP contribution in [-0.2, 0) is 0 Å². The van der Waals surface area contributed by atoms with Crippen LogP contribution in [0.25, 0.3) is 0 Å². The van der Waals surface area contributed by atoms with Gasteiger partial charge in [0.2, 0.25) is 0 Å². The lowest BCUT2D eigenvalue weighted by Gasteiger charge is -2.10. The summed E-state index contributed by atoms with van der Waals surface area (Å²) < 4.78 is 0. The summed E-state index contributed by atoms with van der Waals surface area (Å²) in [5.74, 6) is 2.67. The molecule has 3 fully saturated rings. The summed E-state index contributed by atoms with van der Waals surface area (Å²) in [5.41, 5.74) is 0.843. The number of hydrogen-bond donors (Lipinski definition) is 1. The van der Waals surface area contributed by atoms with Gasteiger partial charge in [-0.25, -0.2) is 0 Å². The van der Waals surface area contributed by atoms with Crippen molar-refractivity contribution in [2.24, 2.45) is 23.2 Å². The van der Waals surface area contributed by atoms with Crippen molar-refractivity contribution in [2.75, 3.05) is 6.61 Å². The minimum Gasteiger partial charge on any atom is -0.396 e. The first kappa shape index (κ1) is 7.37. The maximum Gasteiger partial charge on any atom is 0.0459 e. The Bertz CT molecular complexity index is 179. The largest absolute Gasteiger partial charge is 0.396 e. The molecule has 0 aromatic rings. The van der Waals surface area contributed by atoms with Crippen molar-refractivity contribution in [3.8, 4) is 0 Å². The molecule has 3 aliphatic carbocycles. The van der Waals surface area contributed by atoms with Crippen molar-refractivity contribution >= 4 is 0 Å². The molecule has 68 valence electrons. The second-order valence-electron chi connectivity index (χ2n) is 5.45. The minimum absolute atomic E-state index is 0.444. The van der Waals surface area contributed by atoms with Gasteiger partial charge in [-0.15, -0.1) is 0 Å². The number of rotatable bonds is 1. The molecule has 0 aromatic carbocycles. The molecule has 2 atom stereocenters. The van der Waals surface area contributed by atoms with Gasteiger partial charge in [-0.05, 0) is 61.7 Å². The molecular weight excluding hydrogens is 148 g/mol. The first-order valence-electron chi connectivity index (χ1n) is 5.42. The summed E-state index contributed by atoms with van der Waals surface area (Å²) in [6, 6.07) is 0. The van der Waals surface area contributed by atoms with Gasteiger partial charge in [0.1, 0.15) is 0 Å². The fourth-order valence-electron chi connectivity index (χ4n) is 3.77. The van der Waals surface area contributed by atoms with Crippen LogP contribution < -0.4 is 0 Å². The van der Waals surface area contributed by atoms with E-state index in [0.717, 1.165) is 17.3 Å². The maximum atomic E-state index is 9.07. The Morgan fingerprint density at radius 2 is 1.67 bits per heavy atom. The van der Waals surface area contributed by atoms with Crippen LogP contribution in [0.5, 0.6) is 0 Å². The summed E-state index contributed by atoms with van der Waals surface area (Å²) in [6.45, 7) is 0.444. The molecule has 0 aromatic heterocycles. The van der Waals surface area contributed by atoms with Gasteiger partial charge < -0.3 is 5.11 Å². The van der Waals surface area contributed by atoms with E-state index in [9.17, 15) is 0 Å². The Morgan fingerprint density at radius 3 is 2.08 bits per heavy atom. The highest BCUT2D eigenvalue weighted by molar-refractivity contribution is 5.05. The lowest BCUT2D eigenvalue weighted by atomic mass is 9.97. The van der Waals surface area contributed by atoms with Crippen molar-refractivity contribution in [3.05, 3.63) is 0 Å². The molecule has 0 saturated heterocycles. The van der Waals surface area contributed by atoms with Gasteiger partial charge in [-0.3, -0.25) is 0 Å². The van der Waals surface area contributed by atoms with Crippen LogP contribution in [0.1, 0.15) is 38.5 Å². The molecule has 2 unspecified atom stereocenters. The molecule has 0 bridgehead atoms. The third-order valence-corrected chi connectivity index (χ3v) is 4.54. The standard InChI is InChI=1S/C11H18O/c12-7-8-3-9-5-11(1-2-11)6-10(9)4-8/h8-10,12H,1-7H2. The predicted molar refractivity (Wildman–Crippen MR) is 47.7 cm³/mol. The van der Waals surface area contributed by atoms with E-state index in [2.05, 4.69) is 0 Å². The highest BCUT2D eigenvalue weighted by Gasteiger charge is 2.54. The zero-order valence-electron chi connectivity index (χ0n) is 7.63. The molecule has 1 nitrogen and oxygen atoms in total. The number of aliphatic hydroxyl groups excluding tert-OH is 1. The lowest BCUT2D eigenvalue weighted by molar-refractivity contribution is 0.218. The second-order valence-corrected chi connectivity index (χ2v) is 5.45. The van der Waals surface area contributed by atoms with Gasteiger partial charge in [0.15, 0.2) is 0 Å². The first-order valence-corrected chi connectivity index (χ1v) is 5.42. The molecule has 3 aliphatic rings. The smallest absolute Gasteiger partial charge is 0.0459 e. The summed E-state index contributed by atoms with van der Waals surface area (Å²) in [6.07, 6.45) is 8.72. The van der Waals surface area contributed by atoms with Gasteiger partial charge in [-0.2, -0.15) is 0 Å². The summed E-state index contributed by atoms with van der Waals surface area (Å²) in [5, 5.41) is 9.07. The van der Waals surface area contributed by atoms with Gasteiger partial charge in [0, 0.05) is 6.61 Å². The molecule has 0 heterocycles. The third kappa shape index (κ3) is 0.953. The van der Waals surface area contributed by atoms with Gasteiger partial charge in [0.25, 0.3) is 0 Å². The molecule has 12 heavy (non-hydrogen) atoms. The van der Waals surface area contributed by atoms with Crippen LogP contribution in [0, 0.1) is 23.2 Å². The van der Waals surface area contributed by atoms with Crippen molar-refractivity contribution in [1.29, 1.82) is 0 Å². The van der Waals surface area contributed by atoms with Crippen molar-refractivity contribution in [1.82, 2.24) is 0 Å². The summed E-state index contributed by atoms with van der Waals surface area (Å²) in [4.78, 5) is 0. The molecule has 1 spiro atoms. The van der Waals surface area contributed by atoms with Crippen LogP contribution in [0.3, 0.4) is 0 Å². The van der Waals surface area contributed by atoms with E-state index >= 15 is 0 Å². The average Bonchev–Trinajstić information content (AvgIpc) is 2.52. The number of hydrogen-bond acceptors (Lipinski definition) is 1. The SMILES string of the molecule is OCC1CC2CC3(CC3)CC2C1. The Balaban J connectivity index is 1.69. The van der Waals surface area contributed by atoms with Gasteiger partial charge in [0.05, 0.1) is 0 Å². The number of aliphatic hydroxyl groups is 1. The van der Waals surface area contributed by atoms with E-state index in [0.29, 0.717) is 12.5 Å². The fraction of sp³-hybridized carbons (Fsp3) is 1.00. The highest BCUT2D eigenvalue weighted by Crippen LogP contribution is 2.65. The molecule has 3 rings (SSSR count).